The first-order valence-corrected chi connectivity index (χ1v) is 13.1. The molecule has 0 saturated carbocycles. The molecule has 29 heavy (non-hydrogen) atoms. The molecule has 0 fully saturated rings. The van der Waals surface area contributed by atoms with E-state index in [0.717, 1.165) is 19.3 Å². The zero-order valence-corrected chi connectivity index (χ0v) is 20.0. The Morgan fingerprint density at radius 1 is 0.552 bits per heavy atom. The van der Waals surface area contributed by atoms with Gasteiger partial charge in [-0.2, -0.15) is 0 Å². The fourth-order valence-corrected chi connectivity index (χ4v) is 3.66. The maximum Gasteiger partial charge on any atom is 0.305 e. The van der Waals surface area contributed by atoms with Gasteiger partial charge in [-0.3, -0.25) is 4.79 Å². The van der Waals surface area contributed by atoms with Crippen molar-refractivity contribution < 1.29 is 9.53 Å². The van der Waals surface area contributed by atoms with Crippen LogP contribution in [0.2, 0.25) is 0 Å². The average Bonchev–Trinajstić information content (AvgIpc) is 2.72. The Morgan fingerprint density at radius 3 is 1.48 bits per heavy atom. The van der Waals surface area contributed by atoms with Gasteiger partial charge in [0.25, 0.3) is 0 Å². The van der Waals surface area contributed by atoms with Gasteiger partial charge in [-0.25, -0.2) is 0 Å². The van der Waals surface area contributed by atoms with E-state index in [-0.39, 0.29) is 5.97 Å². The quantitative estimate of drug-likeness (QED) is 0.0956. The Bertz CT molecular complexity index is 348. The molecule has 0 aliphatic rings. The number of hydrogen-bond donors (Lipinski definition) is 0. The molecule has 0 aliphatic carbocycles. The van der Waals surface area contributed by atoms with E-state index < -0.39 is 0 Å². The van der Waals surface area contributed by atoms with Gasteiger partial charge in [0.05, 0.1) is 6.61 Å². The lowest BCUT2D eigenvalue weighted by molar-refractivity contribution is -0.143. The van der Waals surface area contributed by atoms with Crippen LogP contribution in [-0.2, 0) is 9.53 Å². The second-order valence-electron chi connectivity index (χ2n) is 8.68. The Hall–Kier alpha value is -0.790. The van der Waals surface area contributed by atoms with Crippen molar-refractivity contribution in [3.05, 3.63) is 12.2 Å². The molecule has 0 aliphatic heterocycles. The molecule has 0 aromatic heterocycles. The Kier molecular flexibility index (Phi) is 24.6. The third-order valence-electron chi connectivity index (χ3n) is 5.65. The molecule has 0 atom stereocenters. The summed E-state index contributed by atoms with van der Waals surface area (Å²) in [6.07, 6.45) is 31.0. The van der Waals surface area contributed by atoms with Crippen molar-refractivity contribution in [3.63, 3.8) is 0 Å². The maximum atomic E-state index is 11.7. The first-order valence-electron chi connectivity index (χ1n) is 13.1. The summed E-state index contributed by atoms with van der Waals surface area (Å²) in [6.45, 7) is 5.14. The molecular weight excluding hydrogens is 356 g/mol. The molecule has 2 heteroatoms. The van der Waals surface area contributed by atoms with Crippen LogP contribution < -0.4 is 0 Å². The normalized spacial score (nSPS) is 11.4. The van der Waals surface area contributed by atoms with Crippen LogP contribution in [0.25, 0.3) is 0 Å². The summed E-state index contributed by atoms with van der Waals surface area (Å²) in [4.78, 5) is 11.7. The van der Waals surface area contributed by atoms with E-state index in [9.17, 15) is 4.79 Å². The molecule has 0 heterocycles. The maximum absolute atomic E-state index is 11.7. The molecule has 0 aromatic rings. The number of rotatable bonds is 23. The second kappa shape index (κ2) is 25.2. The summed E-state index contributed by atoms with van der Waals surface area (Å²) < 4.78 is 5.34. The van der Waals surface area contributed by atoms with E-state index in [4.69, 9.17) is 4.74 Å². The minimum absolute atomic E-state index is 0.00797. The van der Waals surface area contributed by atoms with Crippen LogP contribution in [0.5, 0.6) is 0 Å². The number of carbonyl (C=O) groups is 1. The van der Waals surface area contributed by atoms with Crippen LogP contribution in [-0.4, -0.2) is 12.6 Å². The highest BCUT2D eigenvalue weighted by Gasteiger charge is 2.02. The van der Waals surface area contributed by atoms with Crippen LogP contribution in [0.15, 0.2) is 12.2 Å². The minimum atomic E-state index is 0.00797. The largest absolute Gasteiger partial charge is 0.466 e. The molecule has 0 amide bonds. The summed E-state index contributed by atoms with van der Waals surface area (Å²) in [6, 6.07) is 0. The number of ether oxygens (including phenoxy) is 1. The molecule has 0 saturated heterocycles. The number of hydrogen-bond acceptors (Lipinski definition) is 2. The van der Waals surface area contributed by atoms with Crippen molar-refractivity contribution in [2.24, 2.45) is 0 Å². The van der Waals surface area contributed by atoms with Gasteiger partial charge in [-0.05, 0) is 38.5 Å². The topological polar surface area (TPSA) is 26.3 Å². The van der Waals surface area contributed by atoms with Crippen LogP contribution >= 0.6 is 0 Å². The molecule has 0 unspecified atom stereocenters. The van der Waals surface area contributed by atoms with Gasteiger partial charge in [0.2, 0.25) is 0 Å². The number of carbonyl (C=O) groups excluding carboxylic acids is 1. The highest BCUT2D eigenvalue weighted by Crippen LogP contribution is 2.11. The fraction of sp³-hybridized carbons (Fsp3) is 0.889. The zero-order chi connectivity index (χ0) is 21.3. The predicted octanol–water partition coefficient (Wildman–Crippen LogP) is 9.32. The van der Waals surface area contributed by atoms with E-state index >= 15 is 0 Å². The molecule has 0 spiro atoms. The van der Waals surface area contributed by atoms with Crippen molar-refractivity contribution in [3.8, 4) is 0 Å². The predicted molar refractivity (Wildman–Crippen MR) is 128 cm³/mol. The molecule has 172 valence electrons. The van der Waals surface area contributed by atoms with Gasteiger partial charge in [0, 0.05) is 6.42 Å². The van der Waals surface area contributed by atoms with Crippen LogP contribution in [0.3, 0.4) is 0 Å². The minimum Gasteiger partial charge on any atom is -0.466 e. The van der Waals surface area contributed by atoms with E-state index in [1.165, 1.54) is 109 Å². The molecular formula is C27H52O2. The average molecular weight is 409 g/mol. The lowest BCUT2D eigenvalue weighted by atomic mass is 10.1. The lowest BCUT2D eigenvalue weighted by Gasteiger charge is -2.05. The summed E-state index contributed by atoms with van der Waals surface area (Å²) in [5, 5.41) is 0. The van der Waals surface area contributed by atoms with Gasteiger partial charge < -0.3 is 4.74 Å². The number of unbranched alkanes of at least 4 members (excludes halogenated alkanes) is 17. The third kappa shape index (κ3) is 25.2. The molecule has 0 bridgehead atoms. The Balaban J connectivity index is 3.19. The van der Waals surface area contributed by atoms with Gasteiger partial charge in [-0.1, -0.05) is 116 Å². The van der Waals surface area contributed by atoms with Crippen LogP contribution in [0.4, 0.5) is 0 Å². The van der Waals surface area contributed by atoms with Crippen LogP contribution in [0, 0.1) is 0 Å². The Labute approximate surface area is 183 Å². The fourth-order valence-electron chi connectivity index (χ4n) is 3.66. The molecule has 0 rings (SSSR count). The molecule has 0 radical (unpaired) electrons. The van der Waals surface area contributed by atoms with Gasteiger partial charge >= 0.3 is 5.97 Å². The second-order valence-corrected chi connectivity index (χ2v) is 8.68. The van der Waals surface area contributed by atoms with Crippen molar-refractivity contribution in [1.82, 2.24) is 0 Å². The SMILES string of the molecule is CCCCCCCC/C=C/CCCCCCCC(=O)OCCCCCCCCC. The number of esters is 1. The molecule has 0 N–H and O–H groups in total. The van der Waals surface area contributed by atoms with Gasteiger partial charge in [0.15, 0.2) is 0 Å². The zero-order valence-electron chi connectivity index (χ0n) is 20.0. The van der Waals surface area contributed by atoms with Gasteiger partial charge in [-0.15, -0.1) is 0 Å². The summed E-state index contributed by atoms with van der Waals surface area (Å²) in [5.41, 5.74) is 0. The van der Waals surface area contributed by atoms with Gasteiger partial charge in [0.1, 0.15) is 0 Å². The van der Waals surface area contributed by atoms with E-state index in [2.05, 4.69) is 26.0 Å². The summed E-state index contributed by atoms with van der Waals surface area (Å²) in [7, 11) is 0. The van der Waals surface area contributed by atoms with Crippen molar-refractivity contribution in [2.75, 3.05) is 6.61 Å². The van der Waals surface area contributed by atoms with Crippen molar-refractivity contribution in [2.45, 2.75) is 149 Å². The smallest absolute Gasteiger partial charge is 0.305 e. The number of allylic oxidation sites excluding steroid dienone is 2. The molecule has 2 nitrogen and oxygen atoms in total. The first kappa shape index (κ1) is 28.2. The van der Waals surface area contributed by atoms with Crippen LogP contribution in [0.1, 0.15) is 149 Å². The van der Waals surface area contributed by atoms with E-state index in [1.54, 1.807) is 0 Å². The summed E-state index contributed by atoms with van der Waals surface area (Å²) in [5.74, 6) is 0.00797. The third-order valence-corrected chi connectivity index (χ3v) is 5.65. The van der Waals surface area contributed by atoms with E-state index in [1.807, 2.05) is 0 Å². The molecule has 0 aromatic carbocycles. The van der Waals surface area contributed by atoms with E-state index in [0.29, 0.717) is 13.0 Å². The lowest BCUT2D eigenvalue weighted by Crippen LogP contribution is -2.05. The Morgan fingerprint density at radius 2 is 0.966 bits per heavy atom. The summed E-state index contributed by atoms with van der Waals surface area (Å²) >= 11 is 0. The van der Waals surface area contributed by atoms with Crippen molar-refractivity contribution >= 4 is 5.97 Å². The highest BCUT2D eigenvalue weighted by molar-refractivity contribution is 5.69. The monoisotopic (exact) mass is 408 g/mol. The standard InChI is InChI=1S/C27H52O2/c1-3-5-7-9-11-12-13-14-15-16-17-18-19-21-23-25-27(28)29-26-24-22-20-10-8-6-4-2/h14-15H,3-13,16-26H2,1-2H3/b15-14+. The van der Waals surface area contributed by atoms with Crippen molar-refractivity contribution in [1.29, 1.82) is 0 Å². The first-order chi connectivity index (χ1) is 14.3. The highest BCUT2D eigenvalue weighted by atomic mass is 16.5.